The molecule has 1 aliphatic rings. The smallest absolute Gasteiger partial charge is 0.0551 e. The van der Waals surface area contributed by atoms with Crippen LogP contribution in [-0.2, 0) is 4.74 Å². The predicted molar refractivity (Wildman–Crippen MR) is 69.3 cm³/mol. The molecular formula is C12H14Br2O. The second kappa shape index (κ2) is 4.98. The van der Waals surface area contributed by atoms with Crippen LogP contribution in [0.1, 0.15) is 23.7 Å². The van der Waals surface area contributed by atoms with Gasteiger partial charge in [-0.3, -0.25) is 0 Å². The molecule has 1 aromatic rings. The van der Waals surface area contributed by atoms with E-state index in [0.717, 1.165) is 17.5 Å². The minimum Gasteiger partial charge on any atom is -0.378 e. The summed E-state index contributed by atoms with van der Waals surface area (Å²) in [7, 11) is 0. The van der Waals surface area contributed by atoms with Gasteiger partial charge in [0.2, 0.25) is 0 Å². The molecule has 1 aromatic carbocycles. The molecule has 0 saturated carbocycles. The minimum absolute atomic E-state index is 0.408. The summed E-state index contributed by atoms with van der Waals surface area (Å²) in [4.78, 5) is 0.413. The SMILES string of the molecule is CC1CC(C(Br)c2ccc(Br)cc2)CO1. The van der Waals surface area contributed by atoms with Crippen LogP contribution >= 0.6 is 31.9 Å². The first-order valence-corrected chi connectivity index (χ1v) is 6.89. The highest BCUT2D eigenvalue weighted by atomic mass is 79.9. The summed E-state index contributed by atoms with van der Waals surface area (Å²) in [6, 6.07) is 8.49. The number of benzene rings is 1. The Kier molecular flexibility index (Phi) is 3.86. The predicted octanol–water partition coefficient (Wildman–Crippen LogP) is 4.31. The Balaban J connectivity index is 2.07. The van der Waals surface area contributed by atoms with Gasteiger partial charge in [-0.05, 0) is 31.0 Å². The van der Waals surface area contributed by atoms with E-state index in [4.69, 9.17) is 4.74 Å². The van der Waals surface area contributed by atoms with Crippen LogP contribution in [-0.4, -0.2) is 12.7 Å². The molecule has 0 aliphatic carbocycles. The third-order valence-corrected chi connectivity index (χ3v) is 4.64. The zero-order valence-corrected chi connectivity index (χ0v) is 11.8. The molecule has 1 fully saturated rings. The van der Waals surface area contributed by atoms with Gasteiger partial charge >= 0.3 is 0 Å². The van der Waals surface area contributed by atoms with Crippen molar-refractivity contribution >= 4 is 31.9 Å². The van der Waals surface area contributed by atoms with Gasteiger partial charge in [0.15, 0.2) is 0 Å². The average Bonchev–Trinajstić information content (AvgIpc) is 2.65. The fraction of sp³-hybridized carbons (Fsp3) is 0.500. The van der Waals surface area contributed by atoms with E-state index in [2.05, 4.69) is 63.0 Å². The van der Waals surface area contributed by atoms with E-state index < -0.39 is 0 Å². The molecule has 3 heteroatoms. The summed E-state index contributed by atoms with van der Waals surface area (Å²) < 4.78 is 6.72. The molecule has 0 aromatic heterocycles. The molecule has 0 spiro atoms. The van der Waals surface area contributed by atoms with E-state index in [1.165, 1.54) is 5.56 Å². The quantitative estimate of drug-likeness (QED) is 0.733. The highest BCUT2D eigenvalue weighted by Crippen LogP contribution is 2.38. The zero-order chi connectivity index (χ0) is 10.8. The average molecular weight is 334 g/mol. The van der Waals surface area contributed by atoms with E-state index in [1.807, 2.05) is 0 Å². The van der Waals surface area contributed by atoms with Crippen molar-refractivity contribution in [1.82, 2.24) is 0 Å². The van der Waals surface area contributed by atoms with Gasteiger partial charge in [-0.15, -0.1) is 0 Å². The summed E-state index contributed by atoms with van der Waals surface area (Å²) in [5.74, 6) is 0.598. The van der Waals surface area contributed by atoms with Crippen molar-refractivity contribution in [3.8, 4) is 0 Å². The normalized spacial score (nSPS) is 27.9. The zero-order valence-electron chi connectivity index (χ0n) is 8.62. The second-order valence-corrected chi connectivity index (χ2v) is 6.00. The Morgan fingerprint density at radius 1 is 1.33 bits per heavy atom. The van der Waals surface area contributed by atoms with E-state index in [1.54, 1.807) is 0 Å². The van der Waals surface area contributed by atoms with Crippen molar-refractivity contribution in [2.75, 3.05) is 6.61 Å². The lowest BCUT2D eigenvalue weighted by Gasteiger charge is -2.16. The third kappa shape index (κ3) is 2.83. The molecule has 1 aliphatic heterocycles. The Hall–Kier alpha value is 0.140. The van der Waals surface area contributed by atoms with Crippen molar-refractivity contribution in [3.05, 3.63) is 34.3 Å². The molecule has 1 nitrogen and oxygen atoms in total. The monoisotopic (exact) mass is 332 g/mol. The fourth-order valence-corrected chi connectivity index (χ4v) is 2.91. The van der Waals surface area contributed by atoms with Crippen LogP contribution in [0.25, 0.3) is 0 Å². The first kappa shape index (κ1) is 11.6. The van der Waals surface area contributed by atoms with Crippen LogP contribution in [0, 0.1) is 5.92 Å². The first-order valence-electron chi connectivity index (χ1n) is 5.18. The number of alkyl halides is 1. The van der Waals surface area contributed by atoms with Crippen molar-refractivity contribution in [2.45, 2.75) is 24.3 Å². The van der Waals surface area contributed by atoms with Crippen molar-refractivity contribution in [3.63, 3.8) is 0 Å². The Bertz CT molecular complexity index is 323. The maximum absolute atomic E-state index is 5.59. The van der Waals surface area contributed by atoms with Crippen molar-refractivity contribution in [1.29, 1.82) is 0 Å². The van der Waals surface area contributed by atoms with E-state index in [9.17, 15) is 0 Å². The van der Waals surface area contributed by atoms with Crippen LogP contribution in [0.15, 0.2) is 28.7 Å². The highest BCUT2D eigenvalue weighted by Gasteiger charge is 2.28. The summed E-state index contributed by atoms with van der Waals surface area (Å²) in [5, 5.41) is 0. The van der Waals surface area contributed by atoms with E-state index >= 15 is 0 Å². The topological polar surface area (TPSA) is 9.23 Å². The van der Waals surface area contributed by atoms with Crippen LogP contribution < -0.4 is 0 Å². The third-order valence-electron chi connectivity index (χ3n) is 2.83. The van der Waals surface area contributed by atoms with Gasteiger partial charge < -0.3 is 4.74 Å². The lowest BCUT2D eigenvalue weighted by molar-refractivity contribution is 0.120. The van der Waals surface area contributed by atoms with Gasteiger partial charge in [0, 0.05) is 15.2 Å². The van der Waals surface area contributed by atoms with Gasteiger partial charge in [-0.2, -0.15) is 0 Å². The standard InChI is InChI=1S/C12H14Br2O/c1-8-6-10(7-15-8)12(14)9-2-4-11(13)5-3-9/h2-5,8,10,12H,6-7H2,1H3. The molecule has 2 rings (SSSR count). The summed E-state index contributed by atoms with van der Waals surface area (Å²) >= 11 is 7.22. The molecular weight excluding hydrogens is 320 g/mol. The molecule has 1 saturated heterocycles. The molecule has 0 radical (unpaired) electrons. The van der Waals surface area contributed by atoms with E-state index in [-0.39, 0.29) is 0 Å². The van der Waals surface area contributed by atoms with Crippen molar-refractivity contribution in [2.24, 2.45) is 5.92 Å². The van der Waals surface area contributed by atoms with Crippen molar-refractivity contribution < 1.29 is 4.74 Å². The minimum atomic E-state index is 0.408. The lowest BCUT2D eigenvalue weighted by atomic mass is 9.97. The van der Waals surface area contributed by atoms with Gasteiger partial charge in [0.05, 0.1) is 12.7 Å². The molecule has 1 heterocycles. The first-order chi connectivity index (χ1) is 7.16. The van der Waals surface area contributed by atoms with E-state index in [0.29, 0.717) is 16.8 Å². The van der Waals surface area contributed by atoms with Crippen LogP contribution in [0.4, 0.5) is 0 Å². The maximum Gasteiger partial charge on any atom is 0.0551 e. The Morgan fingerprint density at radius 3 is 2.53 bits per heavy atom. The Labute approximate surface area is 107 Å². The molecule has 82 valence electrons. The second-order valence-electron chi connectivity index (χ2n) is 4.09. The largest absolute Gasteiger partial charge is 0.378 e. The highest BCUT2D eigenvalue weighted by molar-refractivity contribution is 9.10. The summed E-state index contributed by atoms with van der Waals surface area (Å²) in [6.45, 7) is 3.01. The van der Waals surface area contributed by atoms with Gasteiger partial charge in [0.25, 0.3) is 0 Å². The number of rotatable bonds is 2. The molecule has 0 bridgehead atoms. The van der Waals surface area contributed by atoms with Gasteiger partial charge in [-0.1, -0.05) is 44.0 Å². The molecule has 0 amide bonds. The molecule has 3 atom stereocenters. The number of hydrogen-bond donors (Lipinski definition) is 0. The summed E-state index contributed by atoms with van der Waals surface area (Å²) in [6.07, 6.45) is 1.55. The molecule has 0 N–H and O–H groups in total. The summed E-state index contributed by atoms with van der Waals surface area (Å²) in [5.41, 5.74) is 1.33. The number of hydrogen-bond acceptors (Lipinski definition) is 1. The Morgan fingerprint density at radius 2 is 2.00 bits per heavy atom. The molecule has 3 unspecified atom stereocenters. The molecule has 15 heavy (non-hydrogen) atoms. The van der Waals surface area contributed by atoms with Crippen LogP contribution in [0.5, 0.6) is 0 Å². The van der Waals surface area contributed by atoms with Gasteiger partial charge in [-0.25, -0.2) is 0 Å². The number of ether oxygens (including phenoxy) is 1. The van der Waals surface area contributed by atoms with Gasteiger partial charge in [0.1, 0.15) is 0 Å². The van der Waals surface area contributed by atoms with Crippen LogP contribution in [0.3, 0.4) is 0 Å². The maximum atomic E-state index is 5.59. The van der Waals surface area contributed by atoms with Crippen LogP contribution in [0.2, 0.25) is 0 Å². The fourth-order valence-electron chi connectivity index (χ4n) is 1.97. The number of halogens is 2. The lowest BCUT2D eigenvalue weighted by Crippen LogP contribution is -2.07.